The average molecular weight is 294 g/mol. The maximum atomic E-state index is 12.2. The number of carboxylic acids is 1. The number of rotatable bonds is 5. The number of carbonyl (C=O) groups excluding carboxylic acids is 2. The van der Waals surface area contributed by atoms with Gasteiger partial charge in [-0.05, 0) is 26.0 Å². The molecule has 0 aliphatic carbocycles. The SMILES string of the molecule is COC(=O)CN(C(=O)Nc1ccccc1C(=O)O)C(C)C. The van der Waals surface area contributed by atoms with E-state index in [1.807, 2.05) is 0 Å². The Morgan fingerprint density at radius 2 is 1.90 bits per heavy atom. The number of benzene rings is 1. The molecule has 0 aliphatic heterocycles. The van der Waals surface area contributed by atoms with Crippen LogP contribution >= 0.6 is 0 Å². The van der Waals surface area contributed by atoms with Gasteiger partial charge in [-0.3, -0.25) is 4.79 Å². The van der Waals surface area contributed by atoms with Gasteiger partial charge < -0.3 is 20.1 Å². The van der Waals surface area contributed by atoms with Crippen molar-refractivity contribution in [2.75, 3.05) is 19.0 Å². The van der Waals surface area contributed by atoms with E-state index in [-0.39, 0.29) is 23.8 Å². The third-order valence-corrected chi connectivity index (χ3v) is 2.81. The predicted octanol–water partition coefficient (Wildman–Crippen LogP) is 1.80. The fraction of sp³-hybridized carbons (Fsp3) is 0.357. The molecule has 7 nitrogen and oxygen atoms in total. The minimum atomic E-state index is -1.14. The number of hydrogen-bond acceptors (Lipinski definition) is 4. The van der Waals surface area contributed by atoms with Gasteiger partial charge in [-0.25, -0.2) is 9.59 Å². The summed E-state index contributed by atoms with van der Waals surface area (Å²) in [4.78, 5) is 35.9. The summed E-state index contributed by atoms with van der Waals surface area (Å²) < 4.78 is 4.54. The van der Waals surface area contributed by atoms with Crippen LogP contribution in [0.15, 0.2) is 24.3 Å². The van der Waals surface area contributed by atoms with Crippen molar-refractivity contribution in [1.82, 2.24) is 4.90 Å². The molecule has 0 atom stereocenters. The first-order valence-electron chi connectivity index (χ1n) is 6.33. The number of aromatic carboxylic acids is 1. The molecule has 0 radical (unpaired) electrons. The van der Waals surface area contributed by atoms with Crippen LogP contribution in [0.1, 0.15) is 24.2 Å². The molecule has 0 bridgehead atoms. The molecule has 0 spiro atoms. The largest absolute Gasteiger partial charge is 0.478 e. The van der Waals surface area contributed by atoms with Gasteiger partial charge in [0.05, 0.1) is 18.4 Å². The zero-order valence-corrected chi connectivity index (χ0v) is 12.1. The van der Waals surface area contributed by atoms with Crippen molar-refractivity contribution in [2.24, 2.45) is 0 Å². The third-order valence-electron chi connectivity index (χ3n) is 2.81. The van der Waals surface area contributed by atoms with Gasteiger partial charge in [0.2, 0.25) is 0 Å². The number of methoxy groups -OCH3 is 1. The number of nitrogens with one attached hydrogen (secondary N) is 1. The number of esters is 1. The molecule has 0 fully saturated rings. The van der Waals surface area contributed by atoms with Crippen LogP contribution in [0.5, 0.6) is 0 Å². The molecule has 1 aromatic carbocycles. The number of carboxylic acid groups (broad SMARTS) is 1. The quantitative estimate of drug-likeness (QED) is 0.807. The van der Waals surface area contributed by atoms with Gasteiger partial charge in [-0.1, -0.05) is 12.1 Å². The molecule has 1 aromatic rings. The molecule has 0 saturated carbocycles. The highest BCUT2D eigenvalue weighted by atomic mass is 16.5. The van der Waals surface area contributed by atoms with Gasteiger partial charge >= 0.3 is 18.0 Å². The highest BCUT2D eigenvalue weighted by molar-refractivity contribution is 6.00. The predicted molar refractivity (Wildman–Crippen MR) is 76.3 cm³/mol. The molecule has 0 aromatic heterocycles. The van der Waals surface area contributed by atoms with Crippen molar-refractivity contribution in [3.05, 3.63) is 29.8 Å². The number of para-hydroxylation sites is 1. The molecule has 114 valence electrons. The maximum absolute atomic E-state index is 12.2. The molecule has 2 N–H and O–H groups in total. The number of ether oxygens (including phenoxy) is 1. The van der Waals surface area contributed by atoms with E-state index in [9.17, 15) is 14.4 Å². The van der Waals surface area contributed by atoms with E-state index >= 15 is 0 Å². The molecule has 0 heterocycles. The van der Waals surface area contributed by atoms with Crippen LogP contribution in [-0.2, 0) is 9.53 Å². The van der Waals surface area contributed by atoms with Gasteiger partial charge in [-0.15, -0.1) is 0 Å². The van der Waals surface area contributed by atoms with E-state index in [2.05, 4.69) is 10.1 Å². The Morgan fingerprint density at radius 1 is 1.29 bits per heavy atom. The topological polar surface area (TPSA) is 95.9 Å². The van der Waals surface area contributed by atoms with Gasteiger partial charge in [0.1, 0.15) is 6.54 Å². The Kier molecular flexibility index (Phi) is 5.71. The molecule has 1 rings (SSSR count). The molecular formula is C14H18N2O5. The summed E-state index contributed by atoms with van der Waals surface area (Å²) in [6, 6.07) is 5.23. The number of anilines is 1. The van der Waals surface area contributed by atoms with Crippen LogP contribution in [0.4, 0.5) is 10.5 Å². The second-order valence-electron chi connectivity index (χ2n) is 4.58. The van der Waals surface area contributed by atoms with Crippen molar-refractivity contribution in [1.29, 1.82) is 0 Å². The fourth-order valence-corrected chi connectivity index (χ4v) is 1.66. The molecule has 0 saturated heterocycles. The van der Waals surface area contributed by atoms with E-state index in [1.165, 1.54) is 24.1 Å². The summed E-state index contributed by atoms with van der Waals surface area (Å²) in [5, 5.41) is 11.6. The van der Waals surface area contributed by atoms with E-state index in [0.717, 1.165) is 0 Å². The number of carbonyl (C=O) groups is 3. The Balaban J connectivity index is 2.92. The molecule has 21 heavy (non-hydrogen) atoms. The standard InChI is InChI=1S/C14H18N2O5/c1-9(2)16(8-12(17)21-3)14(20)15-11-7-5-4-6-10(11)13(18)19/h4-7,9H,8H2,1-3H3,(H,15,20)(H,18,19). The van der Waals surface area contributed by atoms with Crippen LogP contribution in [0.2, 0.25) is 0 Å². The summed E-state index contributed by atoms with van der Waals surface area (Å²) in [5.74, 6) is -1.69. The van der Waals surface area contributed by atoms with Gasteiger partial charge in [0, 0.05) is 6.04 Å². The maximum Gasteiger partial charge on any atom is 0.337 e. The number of urea groups is 1. The normalized spacial score (nSPS) is 10.1. The summed E-state index contributed by atoms with van der Waals surface area (Å²) in [6.07, 6.45) is 0. The Labute approximate surface area is 122 Å². The summed E-state index contributed by atoms with van der Waals surface area (Å²) in [7, 11) is 1.23. The van der Waals surface area contributed by atoms with Crippen LogP contribution in [0.25, 0.3) is 0 Å². The number of nitrogens with zero attached hydrogens (tertiary/aromatic N) is 1. The van der Waals surface area contributed by atoms with Crippen molar-refractivity contribution < 1.29 is 24.2 Å². The summed E-state index contributed by atoms with van der Waals surface area (Å²) in [6.45, 7) is 3.27. The highest BCUT2D eigenvalue weighted by Crippen LogP contribution is 2.16. The van der Waals surface area contributed by atoms with E-state index in [0.29, 0.717) is 0 Å². The average Bonchev–Trinajstić information content (AvgIpc) is 2.44. The second-order valence-corrected chi connectivity index (χ2v) is 4.58. The lowest BCUT2D eigenvalue weighted by Gasteiger charge is -2.26. The zero-order valence-electron chi connectivity index (χ0n) is 12.1. The zero-order chi connectivity index (χ0) is 16.0. The second kappa shape index (κ2) is 7.28. The molecule has 0 aliphatic rings. The highest BCUT2D eigenvalue weighted by Gasteiger charge is 2.22. The van der Waals surface area contributed by atoms with Crippen molar-refractivity contribution >= 4 is 23.7 Å². The number of amides is 2. The van der Waals surface area contributed by atoms with Crippen LogP contribution in [0, 0.1) is 0 Å². The molecular weight excluding hydrogens is 276 g/mol. The minimum absolute atomic E-state index is 0.0207. The van der Waals surface area contributed by atoms with Crippen LogP contribution in [-0.4, -0.2) is 47.7 Å². The Bertz CT molecular complexity index is 542. The molecule has 7 heteroatoms. The monoisotopic (exact) mass is 294 g/mol. The van der Waals surface area contributed by atoms with Gasteiger partial charge in [-0.2, -0.15) is 0 Å². The van der Waals surface area contributed by atoms with Crippen molar-refractivity contribution in [3.8, 4) is 0 Å². The van der Waals surface area contributed by atoms with Gasteiger partial charge in [0.15, 0.2) is 0 Å². The Morgan fingerprint density at radius 3 is 2.43 bits per heavy atom. The van der Waals surface area contributed by atoms with E-state index < -0.39 is 18.0 Å². The van der Waals surface area contributed by atoms with Crippen molar-refractivity contribution in [3.63, 3.8) is 0 Å². The van der Waals surface area contributed by atoms with Gasteiger partial charge in [0.25, 0.3) is 0 Å². The van der Waals surface area contributed by atoms with E-state index in [1.54, 1.807) is 26.0 Å². The third kappa shape index (κ3) is 4.48. The first-order valence-corrected chi connectivity index (χ1v) is 6.33. The lowest BCUT2D eigenvalue weighted by molar-refractivity contribution is -0.141. The summed E-state index contributed by atoms with van der Waals surface area (Å²) >= 11 is 0. The van der Waals surface area contributed by atoms with Crippen LogP contribution in [0.3, 0.4) is 0 Å². The fourth-order valence-electron chi connectivity index (χ4n) is 1.66. The van der Waals surface area contributed by atoms with Crippen LogP contribution < -0.4 is 5.32 Å². The van der Waals surface area contributed by atoms with E-state index in [4.69, 9.17) is 5.11 Å². The van der Waals surface area contributed by atoms with Crippen molar-refractivity contribution in [2.45, 2.75) is 19.9 Å². The molecule has 2 amide bonds. The molecule has 0 unspecified atom stereocenters. The smallest absolute Gasteiger partial charge is 0.337 e. The number of hydrogen-bond donors (Lipinski definition) is 2. The minimum Gasteiger partial charge on any atom is -0.478 e. The lowest BCUT2D eigenvalue weighted by Crippen LogP contribution is -2.43. The summed E-state index contributed by atoms with van der Waals surface area (Å²) in [5.41, 5.74) is 0.151. The Hall–Kier alpha value is -2.57. The lowest BCUT2D eigenvalue weighted by atomic mass is 10.2. The first-order chi connectivity index (χ1) is 9.86. The first kappa shape index (κ1) is 16.5.